The molecule has 0 spiro atoms. The molecule has 130 valence electrons. The Kier molecular flexibility index (Phi) is 5.56. The Morgan fingerprint density at radius 3 is 2.84 bits per heavy atom. The molecule has 0 aliphatic heterocycles. The van der Waals surface area contributed by atoms with Crippen LogP contribution in [0.5, 0.6) is 0 Å². The minimum atomic E-state index is -0.0588. The molecule has 0 aliphatic carbocycles. The van der Waals surface area contributed by atoms with Gasteiger partial charge in [0.05, 0.1) is 5.69 Å². The van der Waals surface area contributed by atoms with Crippen molar-refractivity contribution in [2.24, 2.45) is 0 Å². The highest BCUT2D eigenvalue weighted by atomic mass is 16.1. The highest BCUT2D eigenvalue weighted by Crippen LogP contribution is 2.20. The molecule has 3 aromatic rings. The number of benzene rings is 1. The largest absolute Gasteiger partial charge is 0.309 e. The van der Waals surface area contributed by atoms with E-state index in [1.807, 2.05) is 6.07 Å². The van der Waals surface area contributed by atoms with Gasteiger partial charge < -0.3 is 5.32 Å². The maximum absolute atomic E-state index is 12.0. The van der Waals surface area contributed by atoms with Crippen LogP contribution in [0.25, 0.3) is 11.3 Å². The smallest absolute Gasteiger partial charge is 0.225 e. The summed E-state index contributed by atoms with van der Waals surface area (Å²) in [6.45, 7) is 2.84. The number of rotatable bonds is 8. The second-order valence-corrected chi connectivity index (χ2v) is 5.92. The molecule has 2 N–H and O–H groups in total. The summed E-state index contributed by atoms with van der Waals surface area (Å²) in [7, 11) is 0. The number of aromatic nitrogens is 5. The summed E-state index contributed by atoms with van der Waals surface area (Å²) in [6.07, 6.45) is 6.46. The number of nitrogens with one attached hydrogen (secondary N) is 2. The van der Waals surface area contributed by atoms with E-state index in [1.54, 1.807) is 11.0 Å². The SMILES string of the molecule is CCCc1ccc(-c2cc(NC(=O)CCCn3cncn3)n[nH]2)cc1. The fraction of sp³-hybridized carbons (Fsp3) is 0.333. The minimum absolute atomic E-state index is 0.0588. The van der Waals surface area contributed by atoms with Gasteiger partial charge in [0.25, 0.3) is 0 Å². The van der Waals surface area contributed by atoms with Gasteiger partial charge in [0, 0.05) is 19.0 Å². The van der Waals surface area contributed by atoms with Crippen molar-refractivity contribution in [1.29, 1.82) is 0 Å². The Labute approximate surface area is 146 Å². The van der Waals surface area contributed by atoms with E-state index in [0.29, 0.717) is 25.2 Å². The Morgan fingerprint density at radius 1 is 1.28 bits per heavy atom. The van der Waals surface area contributed by atoms with E-state index < -0.39 is 0 Å². The molecule has 0 saturated heterocycles. The average molecular weight is 338 g/mol. The van der Waals surface area contributed by atoms with Crippen molar-refractivity contribution < 1.29 is 4.79 Å². The first-order valence-electron chi connectivity index (χ1n) is 8.51. The molecule has 0 radical (unpaired) electrons. The highest BCUT2D eigenvalue weighted by Gasteiger charge is 2.08. The van der Waals surface area contributed by atoms with Gasteiger partial charge in [-0.2, -0.15) is 10.2 Å². The second-order valence-electron chi connectivity index (χ2n) is 5.92. The molecule has 0 aliphatic rings. The van der Waals surface area contributed by atoms with Gasteiger partial charge in [-0.1, -0.05) is 37.6 Å². The zero-order valence-electron chi connectivity index (χ0n) is 14.3. The zero-order valence-corrected chi connectivity index (χ0v) is 14.3. The molecule has 0 bridgehead atoms. The van der Waals surface area contributed by atoms with Gasteiger partial charge >= 0.3 is 0 Å². The van der Waals surface area contributed by atoms with Gasteiger partial charge in [-0.3, -0.25) is 14.6 Å². The molecule has 25 heavy (non-hydrogen) atoms. The number of hydrogen-bond acceptors (Lipinski definition) is 4. The molecular formula is C18H22N6O. The van der Waals surface area contributed by atoms with Crippen LogP contribution in [0.1, 0.15) is 31.7 Å². The predicted molar refractivity (Wildman–Crippen MR) is 95.9 cm³/mol. The van der Waals surface area contributed by atoms with Crippen molar-refractivity contribution in [2.75, 3.05) is 5.32 Å². The number of carbonyl (C=O) groups excluding carboxylic acids is 1. The van der Waals surface area contributed by atoms with Crippen LogP contribution in [-0.2, 0) is 17.8 Å². The molecule has 0 atom stereocenters. The fourth-order valence-electron chi connectivity index (χ4n) is 2.63. The lowest BCUT2D eigenvalue weighted by molar-refractivity contribution is -0.116. The lowest BCUT2D eigenvalue weighted by Crippen LogP contribution is -2.12. The lowest BCUT2D eigenvalue weighted by Gasteiger charge is -2.02. The van der Waals surface area contributed by atoms with Crippen molar-refractivity contribution in [3.05, 3.63) is 48.5 Å². The standard InChI is InChI=1S/C18H22N6O/c1-2-4-14-6-8-15(9-7-14)16-11-17(23-22-16)21-18(25)5-3-10-24-13-19-12-20-24/h6-9,11-13H,2-5,10H2,1H3,(H2,21,22,23,25). The molecule has 0 fully saturated rings. The van der Waals surface area contributed by atoms with Crippen molar-refractivity contribution in [1.82, 2.24) is 25.0 Å². The molecule has 7 nitrogen and oxygen atoms in total. The summed E-state index contributed by atoms with van der Waals surface area (Å²) in [6, 6.07) is 10.2. The van der Waals surface area contributed by atoms with Gasteiger partial charge in [0.15, 0.2) is 5.82 Å². The van der Waals surface area contributed by atoms with Crippen molar-refractivity contribution in [3.63, 3.8) is 0 Å². The highest BCUT2D eigenvalue weighted by molar-refractivity contribution is 5.90. The summed E-state index contributed by atoms with van der Waals surface area (Å²) in [5, 5.41) is 14.0. The zero-order chi connectivity index (χ0) is 17.5. The van der Waals surface area contributed by atoms with Crippen LogP contribution in [0.3, 0.4) is 0 Å². The van der Waals surface area contributed by atoms with E-state index >= 15 is 0 Å². The number of anilines is 1. The normalized spacial score (nSPS) is 10.8. The number of amides is 1. The minimum Gasteiger partial charge on any atom is -0.309 e. The van der Waals surface area contributed by atoms with E-state index in [0.717, 1.165) is 24.1 Å². The third kappa shape index (κ3) is 4.76. The van der Waals surface area contributed by atoms with Crippen LogP contribution in [0.2, 0.25) is 0 Å². The molecule has 7 heteroatoms. The van der Waals surface area contributed by atoms with E-state index in [4.69, 9.17) is 0 Å². The third-order valence-electron chi connectivity index (χ3n) is 3.91. The topological polar surface area (TPSA) is 88.5 Å². The van der Waals surface area contributed by atoms with Crippen LogP contribution in [0.15, 0.2) is 43.0 Å². The Bertz CT molecular complexity index is 791. The quantitative estimate of drug-likeness (QED) is 0.661. The predicted octanol–water partition coefficient (Wildman–Crippen LogP) is 3.04. The molecule has 2 aromatic heterocycles. The van der Waals surface area contributed by atoms with Gasteiger partial charge in [-0.15, -0.1) is 0 Å². The number of aryl methyl sites for hydroxylation is 2. The van der Waals surface area contributed by atoms with Gasteiger partial charge in [-0.25, -0.2) is 4.98 Å². The lowest BCUT2D eigenvalue weighted by atomic mass is 10.1. The average Bonchev–Trinajstić information content (AvgIpc) is 3.28. The molecule has 1 amide bonds. The maximum atomic E-state index is 12.0. The Hall–Kier alpha value is -2.96. The summed E-state index contributed by atoms with van der Waals surface area (Å²) < 4.78 is 1.71. The monoisotopic (exact) mass is 338 g/mol. The van der Waals surface area contributed by atoms with Crippen molar-refractivity contribution in [2.45, 2.75) is 39.2 Å². The van der Waals surface area contributed by atoms with E-state index in [2.05, 4.69) is 56.8 Å². The maximum Gasteiger partial charge on any atom is 0.225 e. The molecule has 1 aromatic carbocycles. The number of carbonyl (C=O) groups is 1. The number of hydrogen-bond donors (Lipinski definition) is 2. The van der Waals surface area contributed by atoms with E-state index in [1.165, 1.54) is 11.9 Å². The summed E-state index contributed by atoms with van der Waals surface area (Å²) in [4.78, 5) is 15.9. The fourth-order valence-corrected chi connectivity index (χ4v) is 2.63. The van der Waals surface area contributed by atoms with Crippen molar-refractivity contribution >= 4 is 11.7 Å². The van der Waals surface area contributed by atoms with Gasteiger partial charge in [-0.05, 0) is 24.0 Å². The number of H-pyrrole nitrogens is 1. The molecule has 0 saturated carbocycles. The molecule has 0 unspecified atom stereocenters. The van der Waals surface area contributed by atoms with Crippen LogP contribution >= 0.6 is 0 Å². The first-order valence-corrected chi connectivity index (χ1v) is 8.51. The summed E-state index contributed by atoms with van der Waals surface area (Å²) >= 11 is 0. The van der Waals surface area contributed by atoms with Crippen LogP contribution < -0.4 is 5.32 Å². The number of nitrogens with zero attached hydrogens (tertiary/aromatic N) is 4. The Morgan fingerprint density at radius 2 is 2.12 bits per heavy atom. The second kappa shape index (κ2) is 8.23. The summed E-state index contributed by atoms with van der Waals surface area (Å²) in [5.41, 5.74) is 3.27. The van der Waals surface area contributed by atoms with E-state index in [9.17, 15) is 4.79 Å². The number of aromatic amines is 1. The molecular weight excluding hydrogens is 316 g/mol. The third-order valence-corrected chi connectivity index (χ3v) is 3.91. The van der Waals surface area contributed by atoms with Crippen LogP contribution in [0, 0.1) is 0 Å². The van der Waals surface area contributed by atoms with Crippen LogP contribution in [0.4, 0.5) is 5.82 Å². The van der Waals surface area contributed by atoms with Gasteiger partial charge in [0.1, 0.15) is 12.7 Å². The molecule has 3 rings (SSSR count). The van der Waals surface area contributed by atoms with E-state index in [-0.39, 0.29) is 5.91 Å². The van der Waals surface area contributed by atoms with Crippen molar-refractivity contribution in [3.8, 4) is 11.3 Å². The Balaban J connectivity index is 1.51. The summed E-state index contributed by atoms with van der Waals surface area (Å²) in [5.74, 6) is 0.481. The van der Waals surface area contributed by atoms with Gasteiger partial charge in [0.2, 0.25) is 5.91 Å². The van der Waals surface area contributed by atoms with Crippen LogP contribution in [-0.4, -0.2) is 30.9 Å². The molecule has 2 heterocycles. The first-order chi connectivity index (χ1) is 12.2. The first kappa shape index (κ1) is 16.9.